The Balaban J connectivity index is 0.00000484. The van der Waals surface area contributed by atoms with Crippen LogP contribution in [0.3, 0.4) is 0 Å². The molecule has 23 heavy (non-hydrogen) atoms. The predicted octanol–water partition coefficient (Wildman–Crippen LogP) is 2.99. The van der Waals surface area contributed by atoms with Crippen molar-refractivity contribution in [3.63, 3.8) is 0 Å². The van der Waals surface area contributed by atoms with Crippen molar-refractivity contribution in [2.45, 2.75) is 39.5 Å². The van der Waals surface area contributed by atoms with E-state index in [0.717, 1.165) is 50.5 Å². The summed E-state index contributed by atoms with van der Waals surface area (Å²) in [4.78, 5) is 6.84. The summed E-state index contributed by atoms with van der Waals surface area (Å²) in [6, 6.07) is 0. The van der Waals surface area contributed by atoms with Crippen molar-refractivity contribution in [3.05, 3.63) is 0 Å². The molecule has 1 aliphatic heterocycles. The largest absolute Gasteiger partial charge is 0.382 e. The van der Waals surface area contributed by atoms with Crippen LogP contribution in [0.25, 0.3) is 0 Å². The molecule has 1 N–H and O–H groups in total. The first-order valence-electron chi connectivity index (χ1n) is 8.79. The van der Waals surface area contributed by atoms with Crippen LogP contribution < -0.4 is 5.32 Å². The van der Waals surface area contributed by atoms with Gasteiger partial charge in [0.05, 0.1) is 13.2 Å². The van der Waals surface area contributed by atoms with Crippen molar-refractivity contribution in [3.8, 4) is 0 Å². The van der Waals surface area contributed by atoms with Gasteiger partial charge in [0.1, 0.15) is 0 Å². The first-order chi connectivity index (χ1) is 10.8. The lowest BCUT2D eigenvalue weighted by Gasteiger charge is -2.24. The fourth-order valence-electron chi connectivity index (χ4n) is 3.27. The first kappa shape index (κ1) is 22.9. The zero-order valence-corrected chi connectivity index (χ0v) is 17.7. The monoisotopic (exact) mass is 441 g/mol. The molecule has 0 amide bonds. The molecule has 6 heteroatoms. The standard InChI is InChI=1S/C17H35N3O2.HI/c1-5-15(6-2)16-8-10-20(14-16)17(18-3)19-9-7-11-22-13-12-21-4;/h15-16H,5-14H2,1-4H3,(H,18,19);1H. The number of likely N-dealkylation sites (tertiary alicyclic amines) is 1. The van der Waals surface area contributed by atoms with Crippen LogP contribution in [-0.4, -0.2) is 64.5 Å². The summed E-state index contributed by atoms with van der Waals surface area (Å²) in [6.07, 6.45) is 4.87. The van der Waals surface area contributed by atoms with E-state index >= 15 is 0 Å². The summed E-state index contributed by atoms with van der Waals surface area (Å²) < 4.78 is 10.4. The molecule has 1 unspecified atom stereocenters. The number of methoxy groups -OCH3 is 1. The summed E-state index contributed by atoms with van der Waals surface area (Å²) in [5, 5.41) is 3.46. The van der Waals surface area contributed by atoms with E-state index in [2.05, 4.69) is 29.1 Å². The molecule has 1 saturated heterocycles. The Morgan fingerprint density at radius 2 is 2.00 bits per heavy atom. The highest BCUT2D eigenvalue weighted by Gasteiger charge is 2.29. The smallest absolute Gasteiger partial charge is 0.193 e. The van der Waals surface area contributed by atoms with Crippen molar-refractivity contribution >= 4 is 29.9 Å². The molecule has 0 aromatic rings. The number of hydrogen-bond acceptors (Lipinski definition) is 3. The van der Waals surface area contributed by atoms with Crippen molar-refractivity contribution in [2.75, 3.05) is 53.6 Å². The minimum atomic E-state index is 0. The van der Waals surface area contributed by atoms with Gasteiger partial charge in [-0.15, -0.1) is 24.0 Å². The second-order valence-corrected chi connectivity index (χ2v) is 6.00. The normalized spacial score (nSPS) is 18.4. The topological polar surface area (TPSA) is 46.1 Å². The molecule has 0 radical (unpaired) electrons. The van der Waals surface area contributed by atoms with Crippen molar-refractivity contribution in [1.29, 1.82) is 0 Å². The quantitative estimate of drug-likeness (QED) is 0.245. The van der Waals surface area contributed by atoms with Gasteiger partial charge in [0.25, 0.3) is 0 Å². The zero-order valence-electron chi connectivity index (χ0n) is 15.3. The maximum atomic E-state index is 5.47. The van der Waals surface area contributed by atoms with Crippen LogP contribution in [0, 0.1) is 11.8 Å². The fourth-order valence-corrected chi connectivity index (χ4v) is 3.27. The predicted molar refractivity (Wildman–Crippen MR) is 108 cm³/mol. The number of nitrogens with zero attached hydrogens (tertiary/aromatic N) is 2. The maximum Gasteiger partial charge on any atom is 0.193 e. The summed E-state index contributed by atoms with van der Waals surface area (Å²) in [5.74, 6) is 2.73. The molecule has 0 spiro atoms. The van der Waals surface area contributed by atoms with E-state index in [9.17, 15) is 0 Å². The third-order valence-corrected chi connectivity index (χ3v) is 4.63. The molecule has 1 heterocycles. The van der Waals surface area contributed by atoms with Gasteiger partial charge in [0.15, 0.2) is 5.96 Å². The van der Waals surface area contributed by atoms with Gasteiger partial charge >= 0.3 is 0 Å². The Bertz CT molecular complexity index is 312. The molecular weight excluding hydrogens is 405 g/mol. The SMILES string of the molecule is CCC(CC)C1CCN(C(=NC)NCCCOCCOC)C1.I. The molecular formula is C17H36IN3O2. The van der Waals surface area contributed by atoms with Gasteiger partial charge in [-0.05, 0) is 24.7 Å². The Morgan fingerprint density at radius 3 is 2.61 bits per heavy atom. The van der Waals surface area contributed by atoms with E-state index in [1.807, 2.05) is 7.05 Å². The van der Waals surface area contributed by atoms with Gasteiger partial charge in [0, 0.05) is 40.4 Å². The zero-order chi connectivity index (χ0) is 16.2. The molecule has 5 nitrogen and oxygen atoms in total. The molecule has 0 aromatic heterocycles. The van der Waals surface area contributed by atoms with Gasteiger partial charge in [0.2, 0.25) is 0 Å². The summed E-state index contributed by atoms with van der Waals surface area (Å²) in [5.41, 5.74) is 0. The second-order valence-electron chi connectivity index (χ2n) is 6.00. The number of hydrogen-bond donors (Lipinski definition) is 1. The lowest BCUT2D eigenvalue weighted by Crippen LogP contribution is -2.41. The van der Waals surface area contributed by atoms with Crippen LogP contribution in [-0.2, 0) is 9.47 Å². The van der Waals surface area contributed by atoms with Crippen LogP contribution >= 0.6 is 24.0 Å². The molecule has 1 aliphatic rings. The molecule has 1 fully saturated rings. The van der Waals surface area contributed by atoms with Crippen LogP contribution in [0.4, 0.5) is 0 Å². The van der Waals surface area contributed by atoms with Gasteiger partial charge < -0.3 is 19.7 Å². The van der Waals surface area contributed by atoms with Crippen LogP contribution in [0.1, 0.15) is 39.5 Å². The Morgan fingerprint density at radius 1 is 1.26 bits per heavy atom. The number of ether oxygens (including phenoxy) is 2. The van der Waals surface area contributed by atoms with E-state index in [-0.39, 0.29) is 24.0 Å². The number of guanidine groups is 1. The number of aliphatic imine (C=N–C) groups is 1. The van der Waals surface area contributed by atoms with E-state index in [4.69, 9.17) is 9.47 Å². The first-order valence-corrected chi connectivity index (χ1v) is 8.79. The van der Waals surface area contributed by atoms with E-state index in [1.54, 1.807) is 7.11 Å². The third kappa shape index (κ3) is 8.54. The van der Waals surface area contributed by atoms with Crippen LogP contribution in [0.5, 0.6) is 0 Å². The van der Waals surface area contributed by atoms with Gasteiger partial charge in [-0.25, -0.2) is 0 Å². The highest BCUT2D eigenvalue weighted by molar-refractivity contribution is 14.0. The number of nitrogens with one attached hydrogen (secondary N) is 1. The van der Waals surface area contributed by atoms with Crippen molar-refractivity contribution < 1.29 is 9.47 Å². The molecule has 0 aliphatic carbocycles. The Labute approximate surface area is 159 Å². The Kier molecular flexibility index (Phi) is 14.2. The molecule has 1 atom stereocenters. The number of halogens is 1. The van der Waals surface area contributed by atoms with Gasteiger partial charge in [-0.2, -0.15) is 0 Å². The highest BCUT2D eigenvalue weighted by atomic mass is 127. The summed E-state index contributed by atoms with van der Waals surface area (Å²) >= 11 is 0. The van der Waals surface area contributed by atoms with Crippen molar-refractivity contribution in [2.24, 2.45) is 16.8 Å². The average molecular weight is 441 g/mol. The maximum absolute atomic E-state index is 5.47. The lowest BCUT2D eigenvalue weighted by atomic mass is 9.87. The molecule has 0 saturated carbocycles. The fraction of sp³-hybridized carbons (Fsp3) is 0.941. The van der Waals surface area contributed by atoms with Crippen molar-refractivity contribution in [1.82, 2.24) is 10.2 Å². The average Bonchev–Trinajstić information content (AvgIpc) is 3.01. The summed E-state index contributed by atoms with van der Waals surface area (Å²) in [7, 11) is 3.57. The third-order valence-electron chi connectivity index (χ3n) is 4.63. The molecule has 0 aromatic carbocycles. The van der Waals surface area contributed by atoms with Crippen LogP contribution in [0.15, 0.2) is 4.99 Å². The van der Waals surface area contributed by atoms with E-state index < -0.39 is 0 Å². The van der Waals surface area contributed by atoms with E-state index in [1.165, 1.54) is 19.3 Å². The highest BCUT2D eigenvalue weighted by Crippen LogP contribution is 2.28. The molecule has 138 valence electrons. The van der Waals surface area contributed by atoms with Crippen LogP contribution in [0.2, 0.25) is 0 Å². The second kappa shape index (κ2) is 14.3. The molecule has 0 bridgehead atoms. The number of rotatable bonds is 10. The summed E-state index contributed by atoms with van der Waals surface area (Å²) in [6.45, 7) is 9.92. The minimum absolute atomic E-state index is 0. The van der Waals surface area contributed by atoms with Gasteiger partial charge in [-0.3, -0.25) is 4.99 Å². The molecule has 1 rings (SSSR count). The van der Waals surface area contributed by atoms with Gasteiger partial charge in [-0.1, -0.05) is 26.7 Å². The lowest BCUT2D eigenvalue weighted by molar-refractivity contribution is 0.0698. The van der Waals surface area contributed by atoms with E-state index in [0.29, 0.717) is 13.2 Å². The Hall–Kier alpha value is -0.0800. The minimum Gasteiger partial charge on any atom is -0.382 e.